The molecule has 0 radical (unpaired) electrons. The first-order valence-electron chi connectivity index (χ1n) is 3.84. The van der Waals surface area contributed by atoms with Crippen LogP contribution >= 0.6 is 11.3 Å². The highest BCUT2D eigenvalue weighted by Crippen LogP contribution is 2.20. The third kappa shape index (κ3) is 3.17. The Hall–Kier alpha value is -0.850. The highest BCUT2D eigenvalue weighted by molar-refractivity contribution is 7.19. The maximum absolute atomic E-state index is 8.93. The van der Waals surface area contributed by atoms with Crippen molar-refractivity contribution in [3.05, 3.63) is 6.20 Å². The first-order chi connectivity index (χ1) is 6.26. The summed E-state index contributed by atoms with van der Waals surface area (Å²) in [6.45, 7) is 0.448. The SMILES string of the molecule is COCC(CO)Nc1ncc(N)s1. The predicted molar refractivity (Wildman–Crippen MR) is 52.9 cm³/mol. The Balaban J connectivity index is 2.46. The average molecular weight is 203 g/mol. The van der Waals surface area contributed by atoms with Crippen LogP contribution in [-0.4, -0.2) is 36.5 Å². The van der Waals surface area contributed by atoms with Crippen molar-refractivity contribution < 1.29 is 9.84 Å². The predicted octanol–water partition coefficient (Wildman–Crippen LogP) is 0.144. The highest BCUT2D eigenvalue weighted by atomic mass is 32.1. The Morgan fingerprint density at radius 1 is 1.85 bits per heavy atom. The number of ether oxygens (including phenoxy) is 1. The molecule has 0 aliphatic heterocycles. The van der Waals surface area contributed by atoms with Crippen LogP contribution in [0.1, 0.15) is 0 Å². The van der Waals surface area contributed by atoms with E-state index in [1.165, 1.54) is 11.3 Å². The number of aliphatic hydroxyl groups is 1. The van der Waals surface area contributed by atoms with E-state index < -0.39 is 0 Å². The maximum Gasteiger partial charge on any atom is 0.184 e. The molecule has 6 heteroatoms. The summed E-state index contributed by atoms with van der Waals surface area (Å²) in [6, 6.07) is -0.129. The van der Waals surface area contributed by atoms with Crippen molar-refractivity contribution in [3.8, 4) is 0 Å². The molecule has 74 valence electrons. The molecule has 1 heterocycles. The lowest BCUT2D eigenvalue weighted by Crippen LogP contribution is -2.28. The molecule has 1 atom stereocenters. The lowest BCUT2D eigenvalue weighted by Gasteiger charge is -2.13. The minimum atomic E-state index is -0.129. The fraction of sp³-hybridized carbons (Fsp3) is 0.571. The Bertz CT molecular complexity index is 254. The molecule has 13 heavy (non-hydrogen) atoms. The number of nitrogens with one attached hydrogen (secondary N) is 1. The number of hydrogen-bond acceptors (Lipinski definition) is 6. The summed E-state index contributed by atoms with van der Waals surface area (Å²) in [5.41, 5.74) is 5.49. The molecule has 0 fully saturated rings. The van der Waals surface area contributed by atoms with E-state index in [1.807, 2.05) is 0 Å². The minimum Gasteiger partial charge on any atom is -0.394 e. The monoisotopic (exact) mass is 203 g/mol. The molecule has 0 bridgehead atoms. The van der Waals surface area contributed by atoms with E-state index in [9.17, 15) is 0 Å². The zero-order valence-corrected chi connectivity index (χ0v) is 8.17. The zero-order valence-electron chi connectivity index (χ0n) is 7.36. The number of nitrogens with two attached hydrogens (primary N) is 1. The van der Waals surface area contributed by atoms with Gasteiger partial charge in [-0.25, -0.2) is 4.98 Å². The first-order valence-corrected chi connectivity index (χ1v) is 4.65. The molecule has 0 aliphatic carbocycles. The molecule has 0 saturated carbocycles. The van der Waals surface area contributed by atoms with E-state index in [0.29, 0.717) is 16.7 Å². The Morgan fingerprint density at radius 2 is 2.62 bits per heavy atom. The fourth-order valence-electron chi connectivity index (χ4n) is 0.869. The molecular formula is C7H13N3O2S. The lowest BCUT2D eigenvalue weighted by atomic mass is 10.3. The smallest absolute Gasteiger partial charge is 0.184 e. The van der Waals surface area contributed by atoms with Crippen LogP contribution in [0.2, 0.25) is 0 Å². The second-order valence-electron chi connectivity index (χ2n) is 2.55. The second kappa shape index (κ2) is 5.00. The van der Waals surface area contributed by atoms with Crippen molar-refractivity contribution in [2.45, 2.75) is 6.04 Å². The molecule has 1 aromatic heterocycles. The van der Waals surface area contributed by atoms with Crippen LogP contribution in [0.5, 0.6) is 0 Å². The van der Waals surface area contributed by atoms with Crippen molar-refractivity contribution in [1.29, 1.82) is 0 Å². The van der Waals surface area contributed by atoms with Gasteiger partial charge in [0, 0.05) is 7.11 Å². The van der Waals surface area contributed by atoms with Crippen molar-refractivity contribution in [3.63, 3.8) is 0 Å². The number of hydrogen-bond donors (Lipinski definition) is 3. The number of aliphatic hydroxyl groups excluding tert-OH is 1. The van der Waals surface area contributed by atoms with E-state index in [-0.39, 0.29) is 12.6 Å². The van der Waals surface area contributed by atoms with Crippen molar-refractivity contribution in [1.82, 2.24) is 4.98 Å². The molecule has 0 amide bonds. The Kier molecular flexibility index (Phi) is 3.94. The van der Waals surface area contributed by atoms with E-state index >= 15 is 0 Å². The number of nitrogens with zero attached hydrogens (tertiary/aromatic N) is 1. The van der Waals surface area contributed by atoms with Crippen molar-refractivity contribution >= 4 is 21.5 Å². The average Bonchev–Trinajstić information content (AvgIpc) is 2.50. The van der Waals surface area contributed by atoms with Crippen LogP contribution in [0.25, 0.3) is 0 Å². The molecule has 1 unspecified atom stereocenters. The molecule has 0 spiro atoms. The molecule has 5 nitrogen and oxygen atoms in total. The highest BCUT2D eigenvalue weighted by Gasteiger charge is 2.08. The third-order valence-electron chi connectivity index (χ3n) is 1.44. The van der Waals surface area contributed by atoms with Gasteiger partial charge in [-0.15, -0.1) is 0 Å². The quantitative estimate of drug-likeness (QED) is 0.634. The Labute approximate surface area is 80.5 Å². The van der Waals surface area contributed by atoms with Gasteiger partial charge in [0.2, 0.25) is 0 Å². The van der Waals surface area contributed by atoms with Gasteiger partial charge in [-0.1, -0.05) is 11.3 Å². The van der Waals surface area contributed by atoms with Gasteiger partial charge in [0.05, 0.1) is 25.5 Å². The van der Waals surface area contributed by atoms with Crippen LogP contribution in [0.15, 0.2) is 6.20 Å². The van der Waals surface area contributed by atoms with Crippen LogP contribution in [0.4, 0.5) is 10.1 Å². The Morgan fingerprint density at radius 3 is 3.08 bits per heavy atom. The number of thiazole rings is 1. The van der Waals surface area contributed by atoms with Crippen LogP contribution in [0.3, 0.4) is 0 Å². The molecule has 0 aromatic carbocycles. The van der Waals surface area contributed by atoms with Crippen LogP contribution < -0.4 is 11.1 Å². The summed E-state index contributed by atoms with van der Waals surface area (Å²) < 4.78 is 4.90. The van der Waals surface area contributed by atoms with E-state index in [0.717, 1.165) is 0 Å². The molecule has 0 saturated heterocycles. The summed E-state index contributed by atoms with van der Waals surface area (Å²) >= 11 is 1.35. The zero-order chi connectivity index (χ0) is 9.68. The lowest BCUT2D eigenvalue weighted by molar-refractivity contribution is 0.153. The summed E-state index contributed by atoms with van der Waals surface area (Å²) in [5.74, 6) is 0. The summed E-state index contributed by atoms with van der Waals surface area (Å²) in [4.78, 5) is 4.00. The normalized spacial score (nSPS) is 12.8. The fourth-order valence-corrected chi connectivity index (χ4v) is 1.53. The molecular weight excluding hydrogens is 190 g/mol. The van der Waals surface area contributed by atoms with Crippen molar-refractivity contribution in [2.75, 3.05) is 31.4 Å². The van der Waals surface area contributed by atoms with Crippen LogP contribution in [-0.2, 0) is 4.74 Å². The first kappa shape index (κ1) is 10.2. The molecule has 1 rings (SSSR count). The summed E-state index contributed by atoms with van der Waals surface area (Å²) in [7, 11) is 1.58. The van der Waals surface area contributed by atoms with Gasteiger partial charge in [-0.3, -0.25) is 0 Å². The number of nitrogen functional groups attached to an aromatic ring is 1. The minimum absolute atomic E-state index is 0.00727. The largest absolute Gasteiger partial charge is 0.394 e. The van der Waals surface area contributed by atoms with Gasteiger partial charge in [-0.05, 0) is 0 Å². The number of rotatable bonds is 5. The van der Waals surface area contributed by atoms with Gasteiger partial charge in [0.1, 0.15) is 5.00 Å². The van der Waals surface area contributed by atoms with E-state index in [1.54, 1.807) is 13.3 Å². The topological polar surface area (TPSA) is 80.4 Å². The van der Waals surface area contributed by atoms with Crippen LogP contribution in [0, 0.1) is 0 Å². The van der Waals surface area contributed by atoms with Gasteiger partial charge < -0.3 is 20.9 Å². The standard InChI is InChI=1S/C7H13N3O2S/c1-12-4-5(3-11)10-7-9-2-6(8)13-7/h2,5,11H,3-4,8H2,1H3,(H,9,10). The van der Waals surface area contributed by atoms with E-state index in [4.69, 9.17) is 15.6 Å². The molecule has 1 aromatic rings. The van der Waals surface area contributed by atoms with Crippen molar-refractivity contribution in [2.24, 2.45) is 0 Å². The molecule has 0 aliphatic rings. The van der Waals surface area contributed by atoms with Gasteiger partial charge in [0.25, 0.3) is 0 Å². The second-order valence-corrected chi connectivity index (χ2v) is 3.61. The maximum atomic E-state index is 8.93. The van der Waals surface area contributed by atoms with Gasteiger partial charge in [-0.2, -0.15) is 0 Å². The third-order valence-corrected chi connectivity index (χ3v) is 2.20. The van der Waals surface area contributed by atoms with Gasteiger partial charge >= 0.3 is 0 Å². The summed E-state index contributed by atoms with van der Waals surface area (Å²) in [5, 5.41) is 13.3. The number of methoxy groups -OCH3 is 1. The van der Waals surface area contributed by atoms with Gasteiger partial charge in [0.15, 0.2) is 5.13 Å². The number of anilines is 2. The summed E-state index contributed by atoms with van der Waals surface area (Å²) in [6.07, 6.45) is 1.58. The molecule has 4 N–H and O–H groups in total. The van der Waals surface area contributed by atoms with E-state index in [2.05, 4.69) is 10.3 Å². The number of aromatic nitrogens is 1.